The van der Waals surface area contributed by atoms with Crippen LogP contribution in [-0.4, -0.2) is 28.2 Å². The second-order valence-electron chi connectivity index (χ2n) is 8.42. The third-order valence-electron chi connectivity index (χ3n) is 5.34. The number of thiazole rings is 1. The van der Waals surface area contributed by atoms with E-state index >= 15 is 0 Å². The van der Waals surface area contributed by atoms with Gasteiger partial charge in [-0.3, -0.25) is 4.79 Å². The molecule has 0 aliphatic rings. The van der Waals surface area contributed by atoms with Gasteiger partial charge in [0.1, 0.15) is 12.4 Å². The van der Waals surface area contributed by atoms with Crippen LogP contribution in [0.4, 0.5) is 24.0 Å². The number of benzene rings is 3. The molecule has 8 nitrogen and oxygen atoms in total. The number of alkyl halides is 3. The molecule has 0 aliphatic heterocycles. The van der Waals surface area contributed by atoms with Gasteiger partial charge in [0.05, 0.1) is 37.5 Å². The van der Waals surface area contributed by atoms with Crippen LogP contribution in [0.15, 0.2) is 75.6 Å². The summed E-state index contributed by atoms with van der Waals surface area (Å²) in [4.78, 5) is 27.6. The number of ether oxygens (including phenoxy) is 1. The number of carbonyl (C=O) groups is 2. The minimum absolute atomic E-state index is 0.0699. The number of hydrogen-bond acceptors (Lipinski definition) is 7. The molecule has 0 bridgehead atoms. The van der Waals surface area contributed by atoms with Gasteiger partial charge in [-0.2, -0.15) is 18.3 Å². The minimum atomic E-state index is -4.45. The number of carboxylic acid groups (broad SMARTS) is 1. The number of nitrogens with one attached hydrogen (secondary N) is 2. The van der Waals surface area contributed by atoms with Gasteiger partial charge in [-0.15, -0.1) is 11.3 Å². The van der Waals surface area contributed by atoms with E-state index in [4.69, 9.17) is 9.84 Å². The first-order valence-corrected chi connectivity index (χ1v) is 14.4. The molecule has 0 saturated carbocycles. The molecule has 1 amide bonds. The molecule has 0 unspecified atom stereocenters. The van der Waals surface area contributed by atoms with Gasteiger partial charge < -0.3 is 15.2 Å². The van der Waals surface area contributed by atoms with Crippen molar-refractivity contribution >= 4 is 78.8 Å². The maximum atomic E-state index is 12.9. The van der Waals surface area contributed by atoms with E-state index in [1.165, 1.54) is 41.8 Å². The zero-order chi connectivity index (χ0) is 29.6. The molecule has 3 N–H and O–H groups in total. The molecule has 14 heteroatoms. The fourth-order valence-corrected chi connectivity index (χ4v) is 5.92. The molecule has 4 rings (SSSR count). The van der Waals surface area contributed by atoms with E-state index in [2.05, 4.69) is 59.3 Å². The van der Waals surface area contributed by atoms with Crippen molar-refractivity contribution in [2.45, 2.75) is 19.2 Å². The Morgan fingerprint density at radius 1 is 1.15 bits per heavy atom. The van der Waals surface area contributed by atoms with Crippen molar-refractivity contribution in [2.75, 3.05) is 5.32 Å². The zero-order valence-corrected chi connectivity index (χ0v) is 25.3. The third-order valence-corrected chi connectivity index (χ3v) is 7.54. The Morgan fingerprint density at radius 2 is 1.90 bits per heavy atom. The standard InChI is InChI=1S/C27H19BrF3IN4O4S/c28-21-8-16(9-22(32)24(21)40-13-15-4-6-17(7-5-15)25(38)39)12-33-36-23(37)11-20-14-41-26(35-20)34-19-3-1-2-18(10-19)27(29,30)31/h1-10,12,14H,11,13H2,(H,34,35)(H,36,37)(H,38,39)/b33-12-. The van der Waals surface area contributed by atoms with Crippen LogP contribution in [0.1, 0.15) is 32.7 Å². The highest BCUT2D eigenvalue weighted by Crippen LogP contribution is 2.33. The van der Waals surface area contributed by atoms with E-state index < -0.39 is 23.6 Å². The quantitative estimate of drug-likeness (QED) is 0.0894. The number of nitrogens with zero attached hydrogens (tertiary/aromatic N) is 2. The largest absolute Gasteiger partial charge is 0.487 e. The molecule has 0 aliphatic carbocycles. The number of halogens is 5. The summed E-state index contributed by atoms with van der Waals surface area (Å²) < 4.78 is 46.1. The molecule has 0 atom stereocenters. The van der Waals surface area contributed by atoms with Gasteiger partial charge in [0.2, 0.25) is 5.91 Å². The number of aromatic nitrogens is 1. The topological polar surface area (TPSA) is 113 Å². The van der Waals surface area contributed by atoms with Gasteiger partial charge in [0, 0.05) is 11.1 Å². The van der Waals surface area contributed by atoms with Gasteiger partial charge in [-0.1, -0.05) is 18.2 Å². The molecule has 41 heavy (non-hydrogen) atoms. The molecule has 0 saturated heterocycles. The summed E-state index contributed by atoms with van der Waals surface area (Å²) in [6.45, 7) is 0.242. The smallest absolute Gasteiger partial charge is 0.416 e. The van der Waals surface area contributed by atoms with Gasteiger partial charge in [0.15, 0.2) is 5.13 Å². The number of aromatic carboxylic acids is 1. The Morgan fingerprint density at radius 3 is 2.59 bits per heavy atom. The lowest BCUT2D eigenvalue weighted by atomic mass is 10.1. The van der Waals surface area contributed by atoms with Crippen molar-refractivity contribution in [1.82, 2.24) is 10.4 Å². The molecular formula is C27H19BrF3IN4O4S. The third kappa shape index (κ3) is 8.74. The first-order chi connectivity index (χ1) is 19.5. The first kappa shape index (κ1) is 30.5. The van der Waals surface area contributed by atoms with Gasteiger partial charge in [-0.25, -0.2) is 15.2 Å². The Balaban J connectivity index is 1.29. The van der Waals surface area contributed by atoms with Crippen LogP contribution in [0.2, 0.25) is 0 Å². The maximum absolute atomic E-state index is 12.9. The minimum Gasteiger partial charge on any atom is -0.487 e. The van der Waals surface area contributed by atoms with Crippen LogP contribution in [0.5, 0.6) is 5.75 Å². The fraction of sp³-hybridized carbons (Fsp3) is 0.111. The van der Waals surface area contributed by atoms with Crippen LogP contribution >= 0.6 is 49.9 Å². The van der Waals surface area contributed by atoms with E-state index in [0.717, 1.165) is 21.3 Å². The van der Waals surface area contributed by atoms with Crippen LogP contribution < -0.4 is 15.5 Å². The highest BCUT2D eigenvalue weighted by Gasteiger charge is 2.30. The average Bonchev–Trinajstić information content (AvgIpc) is 3.34. The first-order valence-electron chi connectivity index (χ1n) is 11.6. The van der Waals surface area contributed by atoms with Gasteiger partial charge >= 0.3 is 12.1 Å². The van der Waals surface area contributed by atoms with Crippen molar-refractivity contribution < 1.29 is 32.6 Å². The Labute approximate surface area is 257 Å². The molecule has 3 aromatic carbocycles. The van der Waals surface area contributed by atoms with Crippen LogP contribution in [0.3, 0.4) is 0 Å². The number of anilines is 2. The van der Waals surface area contributed by atoms with Crippen molar-refractivity contribution in [3.63, 3.8) is 0 Å². The molecule has 1 aromatic heterocycles. The number of hydrazone groups is 1. The number of rotatable bonds is 10. The normalized spacial score (nSPS) is 11.4. The summed E-state index contributed by atoms with van der Waals surface area (Å²) in [5.41, 5.74) is 4.04. The molecule has 4 aromatic rings. The fourth-order valence-electron chi connectivity index (χ4n) is 3.42. The molecule has 212 valence electrons. The van der Waals surface area contributed by atoms with E-state index in [-0.39, 0.29) is 24.3 Å². The number of hydrogen-bond donors (Lipinski definition) is 3. The highest BCUT2D eigenvalue weighted by molar-refractivity contribution is 14.1. The second kappa shape index (κ2) is 13.4. The lowest BCUT2D eigenvalue weighted by molar-refractivity contribution is -0.137. The van der Waals surface area contributed by atoms with Crippen molar-refractivity contribution in [3.05, 3.63) is 102 Å². The summed E-state index contributed by atoms with van der Waals surface area (Å²) >= 11 is 6.76. The summed E-state index contributed by atoms with van der Waals surface area (Å²) in [6, 6.07) is 14.8. The Kier molecular flexibility index (Phi) is 9.99. The number of carbonyl (C=O) groups excluding carboxylic acids is 1. The van der Waals surface area contributed by atoms with Crippen LogP contribution in [-0.2, 0) is 24.0 Å². The molecule has 1 heterocycles. The Hall–Kier alpha value is -3.50. The van der Waals surface area contributed by atoms with Crippen molar-refractivity contribution in [1.29, 1.82) is 0 Å². The predicted molar refractivity (Wildman–Crippen MR) is 161 cm³/mol. The van der Waals surface area contributed by atoms with E-state index in [9.17, 15) is 22.8 Å². The lowest BCUT2D eigenvalue weighted by Crippen LogP contribution is -2.20. The maximum Gasteiger partial charge on any atom is 0.416 e. The van der Waals surface area contributed by atoms with Crippen molar-refractivity contribution in [2.24, 2.45) is 5.10 Å². The van der Waals surface area contributed by atoms with Crippen molar-refractivity contribution in [3.8, 4) is 5.75 Å². The van der Waals surface area contributed by atoms with E-state index in [1.807, 2.05) is 6.07 Å². The molecular weight excluding hydrogens is 740 g/mol. The lowest BCUT2D eigenvalue weighted by Gasteiger charge is -2.11. The Bertz CT molecular complexity index is 1570. The number of amides is 1. The average molecular weight is 759 g/mol. The summed E-state index contributed by atoms with van der Waals surface area (Å²) in [6.07, 6.45) is -3.05. The molecule has 0 fully saturated rings. The van der Waals surface area contributed by atoms with Crippen LogP contribution in [0, 0.1) is 3.57 Å². The predicted octanol–water partition coefficient (Wildman–Crippen LogP) is 7.24. The summed E-state index contributed by atoms with van der Waals surface area (Å²) in [5.74, 6) is -0.808. The van der Waals surface area contributed by atoms with Crippen LogP contribution in [0.25, 0.3) is 0 Å². The highest BCUT2D eigenvalue weighted by atomic mass is 127. The monoisotopic (exact) mass is 758 g/mol. The second-order valence-corrected chi connectivity index (χ2v) is 11.3. The number of carboxylic acids is 1. The van der Waals surface area contributed by atoms with E-state index in [0.29, 0.717) is 26.6 Å². The molecule has 0 spiro atoms. The SMILES string of the molecule is O=C(Cc1csc(Nc2cccc(C(F)(F)F)c2)n1)N/N=C\c1cc(Br)c(OCc2ccc(C(=O)O)cc2)c(I)c1. The zero-order valence-electron chi connectivity index (χ0n) is 20.7. The van der Waals surface area contributed by atoms with E-state index in [1.54, 1.807) is 23.6 Å². The molecule has 0 radical (unpaired) electrons. The summed E-state index contributed by atoms with van der Waals surface area (Å²) in [7, 11) is 0. The van der Waals surface area contributed by atoms with Gasteiger partial charge in [0.25, 0.3) is 0 Å². The van der Waals surface area contributed by atoms with Gasteiger partial charge in [-0.05, 0) is 92.1 Å². The summed E-state index contributed by atoms with van der Waals surface area (Å²) in [5, 5.41) is 17.8.